The minimum absolute atomic E-state index is 0.132. The summed E-state index contributed by atoms with van der Waals surface area (Å²) >= 11 is 6.01. The lowest BCUT2D eigenvalue weighted by Gasteiger charge is -2.14. The Labute approximate surface area is 172 Å². The molecule has 0 saturated carbocycles. The Morgan fingerprint density at radius 1 is 1.24 bits per heavy atom. The number of aliphatic hydroxyl groups excluding tert-OH is 1. The number of ether oxygens (including phenoxy) is 1. The fourth-order valence-corrected chi connectivity index (χ4v) is 3.21. The number of hydrogen-bond donors (Lipinski definition) is 2. The second-order valence-electron chi connectivity index (χ2n) is 6.77. The van der Waals surface area contributed by atoms with Gasteiger partial charge in [-0.25, -0.2) is 9.78 Å². The molecule has 9 nitrogen and oxygen atoms in total. The van der Waals surface area contributed by atoms with Gasteiger partial charge in [-0.1, -0.05) is 23.7 Å². The zero-order valence-electron chi connectivity index (χ0n) is 16.3. The molecule has 156 valence electrons. The van der Waals surface area contributed by atoms with Gasteiger partial charge in [0.05, 0.1) is 11.3 Å². The van der Waals surface area contributed by atoms with Crippen molar-refractivity contribution in [2.45, 2.75) is 19.1 Å². The highest BCUT2D eigenvalue weighted by Crippen LogP contribution is 2.23. The van der Waals surface area contributed by atoms with Gasteiger partial charge >= 0.3 is 5.69 Å². The molecule has 3 rings (SSSR count). The van der Waals surface area contributed by atoms with E-state index in [2.05, 4.69) is 10.3 Å². The lowest BCUT2D eigenvalue weighted by Crippen LogP contribution is -2.37. The van der Waals surface area contributed by atoms with E-state index in [1.807, 2.05) is 12.1 Å². The van der Waals surface area contributed by atoms with Crippen molar-refractivity contribution in [1.29, 1.82) is 0 Å². The molecule has 2 aromatic heterocycles. The van der Waals surface area contributed by atoms with Gasteiger partial charge in [-0.15, -0.1) is 0 Å². The van der Waals surface area contributed by atoms with E-state index in [1.165, 1.54) is 11.6 Å². The van der Waals surface area contributed by atoms with Crippen LogP contribution < -0.4 is 21.3 Å². The molecule has 1 unspecified atom stereocenters. The Hall–Kier alpha value is -2.62. The topological polar surface area (TPSA) is 103 Å². The maximum Gasteiger partial charge on any atom is 0.332 e. The summed E-state index contributed by atoms with van der Waals surface area (Å²) in [6.07, 6.45) is 1.61. The summed E-state index contributed by atoms with van der Waals surface area (Å²) in [6, 6.07) is 7.10. The normalized spacial score (nSPS) is 12.4. The molecular weight excluding hydrogens is 398 g/mol. The summed E-state index contributed by atoms with van der Waals surface area (Å²) in [7, 11) is 3.05. The summed E-state index contributed by atoms with van der Waals surface area (Å²) in [5.41, 5.74) is 0.0177. The first-order valence-electron chi connectivity index (χ1n) is 9.27. The number of nitrogens with zero attached hydrogens (tertiary/aromatic N) is 4. The Morgan fingerprint density at radius 3 is 2.76 bits per heavy atom. The molecule has 0 bridgehead atoms. The van der Waals surface area contributed by atoms with Gasteiger partial charge in [0, 0.05) is 27.2 Å². The third-order valence-corrected chi connectivity index (χ3v) is 4.93. The van der Waals surface area contributed by atoms with Crippen molar-refractivity contribution in [2.24, 2.45) is 14.1 Å². The van der Waals surface area contributed by atoms with Gasteiger partial charge in [-0.05, 0) is 25.1 Å². The van der Waals surface area contributed by atoms with Crippen molar-refractivity contribution >= 4 is 22.8 Å². The van der Waals surface area contributed by atoms with Gasteiger partial charge in [0.25, 0.3) is 5.56 Å². The Morgan fingerprint density at radius 2 is 2.00 bits per heavy atom. The van der Waals surface area contributed by atoms with Crippen molar-refractivity contribution in [3.63, 3.8) is 0 Å². The Bertz CT molecular complexity index is 1100. The monoisotopic (exact) mass is 421 g/mol. The van der Waals surface area contributed by atoms with Crippen molar-refractivity contribution in [3.8, 4) is 5.75 Å². The van der Waals surface area contributed by atoms with Crippen LogP contribution in [0.2, 0.25) is 5.02 Å². The van der Waals surface area contributed by atoms with Gasteiger partial charge in [0.2, 0.25) is 0 Å². The largest absolute Gasteiger partial charge is 0.489 e. The predicted molar refractivity (Wildman–Crippen MR) is 111 cm³/mol. The molecule has 0 aliphatic heterocycles. The third kappa shape index (κ3) is 4.69. The first kappa shape index (κ1) is 21.1. The minimum Gasteiger partial charge on any atom is -0.489 e. The van der Waals surface area contributed by atoms with E-state index in [0.717, 1.165) is 11.0 Å². The number of imidazole rings is 1. The van der Waals surface area contributed by atoms with Crippen LogP contribution in [0.25, 0.3) is 11.2 Å². The molecule has 3 aromatic rings. The number of para-hydroxylation sites is 1. The fourth-order valence-electron chi connectivity index (χ4n) is 3.02. The van der Waals surface area contributed by atoms with E-state index >= 15 is 0 Å². The van der Waals surface area contributed by atoms with Crippen molar-refractivity contribution in [3.05, 3.63) is 56.5 Å². The molecule has 2 N–H and O–H groups in total. The molecule has 1 aromatic carbocycles. The summed E-state index contributed by atoms with van der Waals surface area (Å²) in [4.78, 5) is 28.5. The van der Waals surface area contributed by atoms with E-state index in [1.54, 1.807) is 30.1 Å². The minimum atomic E-state index is -0.679. The lowest BCUT2D eigenvalue weighted by atomic mass is 10.3. The van der Waals surface area contributed by atoms with Crippen LogP contribution in [0, 0.1) is 0 Å². The average molecular weight is 422 g/mol. The van der Waals surface area contributed by atoms with Crippen molar-refractivity contribution in [2.75, 3.05) is 19.7 Å². The highest BCUT2D eigenvalue weighted by Gasteiger charge is 2.14. The van der Waals surface area contributed by atoms with Gasteiger partial charge in [-0.2, -0.15) is 0 Å². The number of aromatic nitrogens is 4. The lowest BCUT2D eigenvalue weighted by molar-refractivity contribution is 0.106. The summed E-state index contributed by atoms with van der Waals surface area (Å²) in [5, 5.41) is 13.7. The van der Waals surface area contributed by atoms with Gasteiger partial charge in [0.1, 0.15) is 18.5 Å². The second kappa shape index (κ2) is 9.25. The van der Waals surface area contributed by atoms with E-state index in [4.69, 9.17) is 16.3 Å². The highest BCUT2D eigenvalue weighted by atomic mass is 35.5. The van der Waals surface area contributed by atoms with Crippen LogP contribution in [-0.2, 0) is 20.6 Å². The highest BCUT2D eigenvalue weighted by molar-refractivity contribution is 6.32. The van der Waals surface area contributed by atoms with E-state index < -0.39 is 11.8 Å². The standard InChI is InChI=1S/C19H24ClN5O4/c1-23-17-16(18(27)24(2)19(23)28)25(12-22-17)9-5-8-21-10-13(26)11-29-15-7-4-3-6-14(15)20/h3-4,6-7,12-13,21,26H,5,8-11H2,1-2H3. The number of halogens is 1. The molecule has 0 saturated heterocycles. The van der Waals surface area contributed by atoms with Crippen LogP contribution in [0.15, 0.2) is 40.2 Å². The van der Waals surface area contributed by atoms with Crippen LogP contribution >= 0.6 is 11.6 Å². The molecule has 2 heterocycles. The number of fused-ring (bicyclic) bond motifs is 1. The second-order valence-corrected chi connectivity index (χ2v) is 7.18. The number of hydrogen-bond acceptors (Lipinski definition) is 6. The maximum absolute atomic E-state index is 12.4. The Kier molecular flexibility index (Phi) is 6.73. The first-order valence-corrected chi connectivity index (χ1v) is 9.65. The molecule has 0 spiro atoms. The quantitative estimate of drug-likeness (QED) is 0.488. The summed E-state index contributed by atoms with van der Waals surface area (Å²) in [6.45, 7) is 1.69. The number of nitrogens with one attached hydrogen (secondary N) is 1. The van der Waals surface area contributed by atoms with E-state index in [0.29, 0.717) is 41.6 Å². The molecule has 0 radical (unpaired) electrons. The fraction of sp³-hybridized carbons (Fsp3) is 0.421. The van der Waals surface area contributed by atoms with Gasteiger partial charge in [0.15, 0.2) is 11.2 Å². The predicted octanol–water partition coefficient (Wildman–Crippen LogP) is 0.507. The van der Waals surface area contributed by atoms with Crippen LogP contribution in [0.4, 0.5) is 0 Å². The number of aliphatic hydroxyl groups is 1. The molecular formula is C19H24ClN5O4. The van der Waals surface area contributed by atoms with E-state index in [-0.39, 0.29) is 12.2 Å². The number of rotatable bonds is 9. The van der Waals surface area contributed by atoms with Crippen LogP contribution in [-0.4, -0.2) is 49.6 Å². The molecule has 0 aliphatic carbocycles. The SMILES string of the molecule is Cn1c(=O)c2c(ncn2CCCNCC(O)COc2ccccc2Cl)n(C)c1=O. The van der Waals surface area contributed by atoms with E-state index in [9.17, 15) is 14.7 Å². The zero-order valence-corrected chi connectivity index (χ0v) is 17.1. The third-order valence-electron chi connectivity index (χ3n) is 4.62. The Balaban J connectivity index is 1.47. The van der Waals surface area contributed by atoms with Crippen molar-refractivity contribution < 1.29 is 9.84 Å². The molecule has 0 aliphatic rings. The van der Waals surface area contributed by atoms with Gasteiger partial charge < -0.3 is 19.7 Å². The van der Waals surface area contributed by atoms with Crippen molar-refractivity contribution in [1.82, 2.24) is 24.0 Å². The first-order chi connectivity index (χ1) is 13.9. The summed E-state index contributed by atoms with van der Waals surface area (Å²) < 4.78 is 9.69. The van der Waals surface area contributed by atoms with Crippen LogP contribution in [0.1, 0.15) is 6.42 Å². The smallest absolute Gasteiger partial charge is 0.332 e. The zero-order chi connectivity index (χ0) is 21.0. The van der Waals surface area contributed by atoms with Gasteiger partial charge in [-0.3, -0.25) is 13.9 Å². The maximum atomic E-state index is 12.4. The molecule has 1 atom stereocenters. The molecule has 10 heteroatoms. The van der Waals surface area contributed by atoms with Crippen LogP contribution in [0.3, 0.4) is 0 Å². The average Bonchev–Trinajstić information content (AvgIpc) is 3.14. The molecule has 0 fully saturated rings. The summed E-state index contributed by atoms with van der Waals surface area (Å²) in [5.74, 6) is 0.538. The molecule has 29 heavy (non-hydrogen) atoms. The number of benzene rings is 1. The van der Waals surface area contributed by atoms with Crippen LogP contribution in [0.5, 0.6) is 5.75 Å². The molecule has 0 amide bonds. The number of aryl methyl sites for hydroxylation is 2.